The van der Waals surface area contributed by atoms with Gasteiger partial charge in [-0.2, -0.15) is 0 Å². The number of aromatic nitrogens is 3. The molecule has 19 heavy (non-hydrogen) atoms. The summed E-state index contributed by atoms with van der Waals surface area (Å²) in [5.41, 5.74) is 0.378. The monoisotopic (exact) mass is 259 g/mol. The SMILES string of the molecule is C=CCNC(=O)c1cnc(Nc2cc(C)on2)nc1. The van der Waals surface area contributed by atoms with Crippen molar-refractivity contribution in [3.8, 4) is 0 Å². The predicted octanol–water partition coefficient (Wildman–Crippen LogP) is 1.43. The van der Waals surface area contributed by atoms with Gasteiger partial charge >= 0.3 is 0 Å². The zero-order valence-electron chi connectivity index (χ0n) is 10.4. The Labute approximate surface area is 109 Å². The van der Waals surface area contributed by atoms with Gasteiger partial charge in [-0.3, -0.25) is 4.79 Å². The van der Waals surface area contributed by atoms with Crippen LogP contribution in [0.15, 0.2) is 35.6 Å². The lowest BCUT2D eigenvalue weighted by molar-refractivity contribution is 0.0957. The third-order valence-corrected chi connectivity index (χ3v) is 2.19. The fraction of sp³-hybridized carbons (Fsp3) is 0.167. The van der Waals surface area contributed by atoms with E-state index in [1.807, 2.05) is 0 Å². The number of nitrogens with zero attached hydrogens (tertiary/aromatic N) is 3. The summed E-state index contributed by atoms with van der Waals surface area (Å²) in [6, 6.07) is 1.72. The number of amides is 1. The molecule has 0 aliphatic carbocycles. The molecule has 0 radical (unpaired) electrons. The molecule has 2 aromatic heterocycles. The Morgan fingerprint density at radius 3 is 2.79 bits per heavy atom. The quantitative estimate of drug-likeness (QED) is 0.789. The summed E-state index contributed by atoms with van der Waals surface area (Å²) in [4.78, 5) is 19.6. The minimum absolute atomic E-state index is 0.247. The Hall–Kier alpha value is -2.70. The van der Waals surface area contributed by atoms with Gasteiger partial charge in [0.1, 0.15) is 5.76 Å². The lowest BCUT2D eigenvalue weighted by Crippen LogP contribution is -2.23. The number of hydrogen-bond donors (Lipinski definition) is 2. The predicted molar refractivity (Wildman–Crippen MR) is 69.1 cm³/mol. The molecule has 0 atom stereocenters. The van der Waals surface area contributed by atoms with Crippen molar-refractivity contribution in [1.29, 1.82) is 0 Å². The Kier molecular flexibility index (Phi) is 3.87. The van der Waals surface area contributed by atoms with Crippen LogP contribution in [0.3, 0.4) is 0 Å². The van der Waals surface area contributed by atoms with Gasteiger partial charge < -0.3 is 15.2 Å². The summed E-state index contributed by atoms with van der Waals surface area (Å²) < 4.78 is 4.90. The van der Waals surface area contributed by atoms with Crippen molar-refractivity contribution < 1.29 is 9.32 Å². The van der Waals surface area contributed by atoms with E-state index in [2.05, 4.69) is 32.3 Å². The van der Waals surface area contributed by atoms with E-state index in [1.165, 1.54) is 12.4 Å². The van der Waals surface area contributed by atoms with Crippen molar-refractivity contribution in [3.05, 3.63) is 42.4 Å². The van der Waals surface area contributed by atoms with E-state index in [0.717, 1.165) is 0 Å². The molecule has 2 aromatic rings. The topological polar surface area (TPSA) is 92.9 Å². The van der Waals surface area contributed by atoms with Gasteiger partial charge in [0.25, 0.3) is 5.91 Å². The first-order valence-corrected chi connectivity index (χ1v) is 5.60. The fourth-order valence-electron chi connectivity index (χ4n) is 1.32. The number of nitrogens with one attached hydrogen (secondary N) is 2. The van der Waals surface area contributed by atoms with Crippen LogP contribution < -0.4 is 10.6 Å². The lowest BCUT2D eigenvalue weighted by Gasteiger charge is -2.03. The van der Waals surface area contributed by atoms with Crippen molar-refractivity contribution in [3.63, 3.8) is 0 Å². The van der Waals surface area contributed by atoms with Gasteiger partial charge in [0, 0.05) is 25.0 Å². The van der Waals surface area contributed by atoms with Crippen LogP contribution in [0.1, 0.15) is 16.1 Å². The molecule has 2 rings (SSSR count). The maximum absolute atomic E-state index is 11.6. The maximum atomic E-state index is 11.6. The molecule has 0 bridgehead atoms. The minimum atomic E-state index is -0.247. The van der Waals surface area contributed by atoms with E-state index in [0.29, 0.717) is 29.6 Å². The number of rotatable bonds is 5. The number of hydrogen-bond acceptors (Lipinski definition) is 6. The van der Waals surface area contributed by atoms with Crippen LogP contribution in [0, 0.1) is 6.92 Å². The Bertz CT molecular complexity index is 576. The Balaban J connectivity index is 2.01. The highest BCUT2D eigenvalue weighted by atomic mass is 16.5. The summed E-state index contributed by atoms with van der Waals surface area (Å²) >= 11 is 0. The average molecular weight is 259 g/mol. The first-order valence-electron chi connectivity index (χ1n) is 5.60. The van der Waals surface area contributed by atoms with Crippen LogP contribution >= 0.6 is 0 Å². The zero-order valence-corrected chi connectivity index (χ0v) is 10.4. The second-order valence-corrected chi connectivity index (χ2v) is 3.74. The molecule has 0 spiro atoms. The molecule has 0 saturated carbocycles. The van der Waals surface area contributed by atoms with Gasteiger partial charge in [-0.05, 0) is 6.92 Å². The normalized spacial score (nSPS) is 9.95. The molecule has 0 aliphatic rings. The van der Waals surface area contributed by atoms with Crippen LogP contribution in [0.4, 0.5) is 11.8 Å². The van der Waals surface area contributed by atoms with Gasteiger partial charge in [-0.15, -0.1) is 6.58 Å². The van der Waals surface area contributed by atoms with Gasteiger partial charge in [0.15, 0.2) is 5.82 Å². The molecule has 7 heteroatoms. The summed E-state index contributed by atoms with van der Waals surface area (Å²) in [5.74, 6) is 1.29. The second kappa shape index (κ2) is 5.76. The van der Waals surface area contributed by atoms with E-state index in [1.54, 1.807) is 19.1 Å². The standard InChI is InChI=1S/C12H13N5O2/c1-3-4-13-11(18)9-6-14-12(15-7-9)16-10-5-8(2)19-17-10/h3,5-7H,1,4H2,2H3,(H,13,18)(H,14,15,16,17). The van der Waals surface area contributed by atoms with Gasteiger partial charge in [0.2, 0.25) is 5.95 Å². The molecule has 0 unspecified atom stereocenters. The van der Waals surface area contributed by atoms with Gasteiger partial charge in [0.05, 0.1) is 5.56 Å². The highest BCUT2D eigenvalue weighted by Crippen LogP contribution is 2.11. The van der Waals surface area contributed by atoms with Crippen molar-refractivity contribution in [1.82, 2.24) is 20.4 Å². The molecule has 98 valence electrons. The van der Waals surface area contributed by atoms with Crippen LogP contribution in [0.5, 0.6) is 0 Å². The molecule has 7 nitrogen and oxygen atoms in total. The summed E-state index contributed by atoms with van der Waals surface area (Å²) in [6.45, 7) is 5.70. The van der Waals surface area contributed by atoms with E-state index in [9.17, 15) is 4.79 Å². The first-order chi connectivity index (χ1) is 9.19. The van der Waals surface area contributed by atoms with Crippen LogP contribution in [-0.2, 0) is 0 Å². The summed E-state index contributed by atoms with van der Waals surface area (Å²) in [6.07, 6.45) is 4.46. The van der Waals surface area contributed by atoms with Crippen LogP contribution in [0.25, 0.3) is 0 Å². The second-order valence-electron chi connectivity index (χ2n) is 3.74. The highest BCUT2D eigenvalue weighted by Gasteiger charge is 2.07. The Morgan fingerprint density at radius 2 is 2.21 bits per heavy atom. The minimum Gasteiger partial charge on any atom is -0.360 e. The zero-order chi connectivity index (χ0) is 13.7. The highest BCUT2D eigenvalue weighted by molar-refractivity contribution is 5.93. The fourth-order valence-corrected chi connectivity index (χ4v) is 1.32. The molecule has 0 aromatic carbocycles. The number of carbonyl (C=O) groups excluding carboxylic acids is 1. The van der Waals surface area contributed by atoms with E-state index in [-0.39, 0.29) is 5.91 Å². The van der Waals surface area contributed by atoms with Crippen molar-refractivity contribution in [2.24, 2.45) is 0 Å². The molecule has 2 N–H and O–H groups in total. The Morgan fingerprint density at radius 1 is 1.47 bits per heavy atom. The molecule has 1 amide bonds. The molecular weight excluding hydrogens is 246 g/mol. The van der Waals surface area contributed by atoms with E-state index < -0.39 is 0 Å². The van der Waals surface area contributed by atoms with Crippen molar-refractivity contribution >= 4 is 17.7 Å². The molecule has 0 aliphatic heterocycles. The third kappa shape index (κ3) is 3.38. The molecule has 0 fully saturated rings. The third-order valence-electron chi connectivity index (χ3n) is 2.19. The summed E-state index contributed by atoms with van der Waals surface area (Å²) in [5, 5.41) is 9.25. The van der Waals surface area contributed by atoms with E-state index in [4.69, 9.17) is 4.52 Å². The van der Waals surface area contributed by atoms with Crippen LogP contribution in [0.2, 0.25) is 0 Å². The smallest absolute Gasteiger partial charge is 0.254 e. The first kappa shape index (κ1) is 12.7. The average Bonchev–Trinajstić information content (AvgIpc) is 2.82. The maximum Gasteiger partial charge on any atom is 0.254 e. The van der Waals surface area contributed by atoms with Gasteiger partial charge in [-0.1, -0.05) is 11.2 Å². The van der Waals surface area contributed by atoms with Crippen molar-refractivity contribution in [2.75, 3.05) is 11.9 Å². The van der Waals surface area contributed by atoms with Crippen LogP contribution in [-0.4, -0.2) is 27.6 Å². The van der Waals surface area contributed by atoms with Gasteiger partial charge in [-0.25, -0.2) is 9.97 Å². The molecule has 2 heterocycles. The lowest BCUT2D eigenvalue weighted by atomic mass is 10.3. The summed E-state index contributed by atoms with van der Waals surface area (Å²) in [7, 11) is 0. The van der Waals surface area contributed by atoms with E-state index >= 15 is 0 Å². The number of carbonyl (C=O) groups is 1. The number of aryl methyl sites for hydroxylation is 1. The van der Waals surface area contributed by atoms with Crippen molar-refractivity contribution in [2.45, 2.75) is 6.92 Å². The number of anilines is 2. The molecule has 0 saturated heterocycles. The molecular formula is C12H13N5O2. The largest absolute Gasteiger partial charge is 0.360 e.